The molecule has 0 radical (unpaired) electrons. The van der Waals surface area contributed by atoms with Gasteiger partial charge >= 0.3 is 12.1 Å². The van der Waals surface area contributed by atoms with Crippen molar-refractivity contribution in [3.63, 3.8) is 0 Å². The van der Waals surface area contributed by atoms with Crippen LogP contribution in [0.2, 0.25) is 0 Å². The number of carbonyl (C=O) groups excluding carboxylic acids is 2. The van der Waals surface area contributed by atoms with E-state index in [1.807, 2.05) is 19.1 Å². The first-order valence-electron chi connectivity index (χ1n) is 7.84. The highest BCUT2D eigenvalue weighted by Crippen LogP contribution is 2.17. The van der Waals surface area contributed by atoms with Gasteiger partial charge in [0.25, 0.3) is 11.8 Å². The quantitative estimate of drug-likeness (QED) is 0.733. The van der Waals surface area contributed by atoms with Crippen LogP contribution in [0.3, 0.4) is 0 Å². The van der Waals surface area contributed by atoms with Gasteiger partial charge in [-0.05, 0) is 51.3 Å². The average molecular weight is 362 g/mol. The van der Waals surface area contributed by atoms with E-state index in [0.717, 1.165) is 32.4 Å². The number of amides is 2. The van der Waals surface area contributed by atoms with Gasteiger partial charge in [0.15, 0.2) is 0 Å². The number of rotatable bonds is 2. The van der Waals surface area contributed by atoms with Crippen LogP contribution in [0, 0.1) is 5.92 Å². The molecule has 140 valence electrons. The largest absolute Gasteiger partial charge is 0.490 e. The number of hydrogen-bond donors (Lipinski definition) is 2. The number of allylic oxidation sites excluding steroid dienone is 1. The van der Waals surface area contributed by atoms with Gasteiger partial charge in [-0.2, -0.15) is 13.2 Å². The number of halogens is 3. The summed E-state index contributed by atoms with van der Waals surface area (Å²) >= 11 is 0. The van der Waals surface area contributed by atoms with Crippen LogP contribution < -0.4 is 5.32 Å². The summed E-state index contributed by atoms with van der Waals surface area (Å²) in [5.41, 5.74) is 0.700. The molecule has 6 nitrogen and oxygen atoms in total. The van der Waals surface area contributed by atoms with E-state index >= 15 is 0 Å². The third-order valence-corrected chi connectivity index (χ3v) is 3.74. The third-order valence-electron chi connectivity index (χ3n) is 3.74. The molecule has 0 aromatic rings. The van der Waals surface area contributed by atoms with Gasteiger partial charge in [-0.3, -0.25) is 14.5 Å². The summed E-state index contributed by atoms with van der Waals surface area (Å²) < 4.78 is 31.7. The number of nitrogens with zero attached hydrogens (tertiary/aromatic N) is 1. The van der Waals surface area contributed by atoms with Gasteiger partial charge in [0.05, 0.1) is 0 Å². The molecule has 1 saturated heterocycles. The van der Waals surface area contributed by atoms with E-state index in [0.29, 0.717) is 18.0 Å². The summed E-state index contributed by atoms with van der Waals surface area (Å²) in [6.07, 6.45) is 3.15. The van der Waals surface area contributed by atoms with E-state index in [-0.39, 0.29) is 11.8 Å². The Hall–Kier alpha value is -2.16. The van der Waals surface area contributed by atoms with Gasteiger partial charge in [0.1, 0.15) is 0 Å². The number of alkyl halides is 3. The van der Waals surface area contributed by atoms with E-state index in [1.165, 1.54) is 11.0 Å². The summed E-state index contributed by atoms with van der Waals surface area (Å²) in [6.45, 7) is 4.34. The van der Waals surface area contributed by atoms with Crippen LogP contribution in [0.4, 0.5) is 13.2 Å². The number of aliphatic carboxylic acids is 1. The predicted octanol–water partition coefficient (Wildman–Crippen LogP) is 1.88. The van der Waals surface area contributed by atoms with Crippen molar-refractivity contribution in [2.45, 2.75) is 32.4 Å². The lowest BCUT2D eigenvalue weighted by Gasteiger charge is -2.24. The van der Waals surface area contributed by atoms with E-state index in [4.69, 9.17) is 9.90 Å². The van der Waals surface area contributed by atoms with Gasteiger partial charge in [-0.1, -0.05) is 12.2 Å². The Labute approximate surface area is 143 Å². The van der Waals surface area contributed by atoms with Gasteiger partial charge in [0.2, 0.25) is 0 Å². The molecule has 0 atom stereocenters. The van der Waals surface area contributed by atoms with E-state index < -0.39 is 12.1 Å². The number of carboxylic acid groups (broad SMARTS) is 1. The fourth-order valence-electron chi connectivity index (χ4n) is 2.44. The van der Waals surface area contributed by atoms with Crippen molar-refractivity contribution in [1.29, 1.82) is 0 Å². The Kier molecular flexibility index (Phi) is 7.82. The first-order valence-corrected chi connectivity index (χ1v) is 7.84. The lowest BCUT2D eigenvalue weighted by atomic mass is 9.95. The lowest BCUT2D eigenvalue weighted by molar-refractivity contribution is -0.192. The Balaban J connectivity index is 0.000000381. The highest BCUT2D eigenvalue weighted by molar-refractivity contribution is 6.07. The predicted molar refractivity (Wildman–Crippen MR) is 83.5 cm³/mol. The second kappa shape index (κ2) is 9.36. The average Bonchev–Trinajstić information content (AvgIpc) is 2.55. The number of piperidine rings is 1. The second-order valence-electron chi connectivity index (χ2n) is 5.73. The smallest absolute Gasteiger partial charge is 0.475 e. The van der Waals surface area contributed by atoms with Crippen LogP contribution >= 0.6 is 0 Å². The molecule has 0 bridgehead atoms. The number of hydrogen-bond acceptors (Lipinski definition) is 4. The van der Waals surface area contributed by atoms with Crippen LogP contribution in [0.1, 0.15) is 26.2 Å². The first-order chi connectivity index (χ1) is 11.6. The number of carboxylic acids is 1. The minimum absolute atomic E-state index is 0.136. The molecule has 0 aromatic heterocycles. The maximum absolute atomic E-state index is 12.2. The monoisotopic (exact) mass is 362 g/mol. The maximum Gasteiger partial charge on any atom is 0.490 e. The molecule has 2 rings (SSSR count). The highest BCUT2D eigenvalue weighted by Gasteiger charge is 2.38. The molecule has 0 spiro atoms. The van der Waals surface area contributed by atoms with Crippen molar-refractivity contribution in [3.05, 3.63) is 23.8 Å². The van der Waals surface area contributed by atoms with Crippen molar-refractivity contribution >= 4 is 17.8 Å². The molecule has 0 aliphatic carbocycles. The van der Waals surface area contributed by atoms with E-state index in [2.05, 4.69) is 5.32 Å². The second-order valence-corrected chi connectivity index (χ2v) is 5.73. The zero-order valence-electron chi connectivity index (χ0n) is 13.8. The highest BCUT2D eigenvalue weighted by atomic mass is 19.4. The van der Waals surface area contributed by atoms with Crippen molar-refractivity contribution in [2.75, 3.05) is 19.6 Å². The molecule has 0 unspecified atom stereocenters. The topological polar surface area (TPSA) is 86.7 Å². The van der Waals surface area contributed by atoms with Gasteiger partial charge in [-0.25, -0.2) is 4.79 Å². The SMILES string of the molecule is CC(=CC1CCNCC1)C(=O)N1CCC=CC1=O.O=C(O)C(F)(F)F. The fourth-order valence-corrected chi connectivity index (χ4v) is 2.44. The van der Waals surface area contributed by atoms with Crippen molar-refractivity contribution in [2.24, 2.45) is 5.92 Å². The molecule has 2 aliphatic rings. The minimum atomic E-state index is -5.08. The summed E-state index contributed by atoms with van der Waals surface area (Å²) in [7, 11) is 0. The third kappa shape index (κ3) is 7.08. The van der Waals surface area contributed by atoms with Crippen LogP contribution in [-0.4, -0.2) is 53.6 Å². The molecule has 2 N–H and O–H groups in total. The number of imide groups is 1. The number of nitrogens with one attached hydrogen (secondary N) is 1. The van der Waals surface area contributed by atoms with Crippen LogP contribution in [0.15, 0.2) is 23.8 Å². The van der Waals surface area contributed by atoms with Crippen LogP contribution in [-0.2, 0) is 14.4 Å². The molecule has 2 aliphatic heterocycles. The lowest BCUT2D eigenvalue weighted by Crippen LogP contribution is -2.39. The zero-order valence-corrected chi connectivity index (χ0v) is 13.8. The number of carbonyl (C=O) groups is 3. The molecule has 0 saturated carbocycles. The molecular formula is C16H21F3N2O4. The Morgan fingerprint density at radius 1 is 1.32 bits per heavy atom. The fraction of sp³-hybridized carbons (Fsp3) is 0.562. The molecule has 25 heavy (non-hydrogen) atoms. The summed E-state index contributed by atoms with van der Waals surface area (Å²) in [6, 6.07) is 0. The minimum Gasteiger partial charge on any atom is -0.475 e. The van der Waals surface area contributed by atoms with E-state index in [9.17, 15) is 22.8 Å². The molecule has 2 amide bonds. The normalized spacial score (nSPS) is 19.3. The Morgan fingerprint density at radius 3 is 2.36 bits per heavy atom. The molecule has 2 heterocycles. The standard InChI is InChI=1S/C14H20N2O2.C2HF3O2/c1-11(10-12-5-7-15-8-6-12)14(18)16-9-3-2-4-13(16)17;3-2(4,5)1(6)7/h2,4,10,12,15H,3,5-9H2,1H3;(H,6,7). The summed E-state index contributed by atoms with van der Waals surface area (Å²) in [5.74, 6) is -2.62. The van der Waals surface area contributed by atoms with E-state index in [1.54, 1.807) is 0 Å². The molecule has 9 heteroatoms. The molecule has 1 fully saturated rings. The summed E-state index contributed by atoms with van der Waals surface area (Å²) in [4.78, 5) is 34.0. The Bertz CT molecular complexity index is 564. The Morgan fingerprint density at radius 2 is 1.88 bits per heavy atom. The van der Waals surface area contributed by atoms with Crippen molar-refractivity contribution in [3.8, 4) is 0 Å². The first kappa shape index (κ1) is 20.9. The summed E-state index contributed by atoms with van der Waals surface area (Å²) in [5, 5.41) is 10.4. The van der Waals surface area contributed by atoms with Crippen LogP contribution in [0.5, 0.6) is 0 Å². The van der Waals surface area contributed by atoms with Crippen molar-refractivity contribution in [1.82, 2.24) is 10.2 Å². The zero-order chi connectivity index (χ0) is 19.0. The van der Waals surface area contributed by atoms with Crippen molar-refractivity contribution < 1.29 is 32.7 Å². The molecule has 0 aromatic carbocycles. The van der Waals surface area contributed by atoms with Gasteiger partial charge < -0.3 is 10.4 Å². The van der Waals surface area contributed by atoms with Crippen LogP contribution in [0.25, 0.3) is 0 Å². The van der Waals surface area contributed by atoms with Gasteiger partial charge in [-0.15, -0.1) is 0 Å². The van der Waals surface area contributed by atoms with Gasteiger partial charge in [0, 0.05) is 12.1 Å². The molecular weight excluding hydrogens is 341 g/mol. The maximum atomic E-state index is 12.2.